The first-order chi connectivity index (χ1) is 14.7. The molecule has 0 radical (unpaired) electrons. The van der Waals surface area contributed by atoms with Gasteiger partial charge in [-0.05, 0) is 68.1 Å². The standard InChI is InChI=1S/C22H22ClFN2O4S/c1-13(10-21(27)25-19-6-4-16(24)12-18(19)23)31(29,30)17-5-7-20-15(11-17)8-9-26(20)22(28)14-2-3-14/h4-7,11-14H,2-3,8-10H2,1H3,(H,25,27). The van der Waals surface area contributed by atoms with Crippen LogP contribution in [0.15, 0.2) is 41.3 Å². The number of anilines is 2. The van der Waals surface area contributed by atoms with Crippen molar-refractivity contribution in [1.29, 1.82) is 0 Å². The van der Waals surface area contributed by atoms with Gasteiger partial charge in [0.05, 0.1) is 20.9 Å². The van der Waals surface area contributed by atoms with Crippen molar-refractivity contribution < 1.29 is 22.4 Å². The average molecular weight is 465 g/mol. The third kappa shape index (κ3) is 4.45. The zero-order valence-electron chi connectivity index (χ0n) is 16.9. The first kappa shape index (κ1) is 21.8. The van der Waals surface area contributed by atoms with Crippen LogP contribution in [0.2, 0.25) is 5.02 Å². The Bertz CT molecular complexity index is 1160. The van der Waals surface area contributed by atoms with Crippen LogP contribution < -0.4 is 10.2 Å². The summed E-state index contributed by atoms with van der Waals surface area (Å²) in [6, 6.07) is 8.33. The van der Waals surface area contributed by atoms with Crippen LogP contribution in [-0.2, 0) is 25.8 Å². The Kier molecular flexibility index (Phi) is 5.79. The summed E-state index contributed by atoms with van der Waals surface area (Å²) in [5, 5.41) is 1.58. The molecule has 1 aliphatic carbocycles. The van der Waals surface area contributed by atoms with E-state index in [4.69, 9.17) is 11.6 Å². The van der Waals surface area contributed by atoms with Crippen molar-refractivity contribution in [3.8, 4) is 0 Å². The van der Waals surface area contributed by atoms with E-state index in [1.807, 2.05) is 0 Å². The summed E-state index contributed by atoms with van der Waals surface area (Å²) in [6.45, 7) is 2.03. The number of sulfone groups is 1. The molecule has 1 N–H and O–H groups in total. The van der Waals surface area contributed by atoms with Gasteiger partial charge < -0.3 is 10.2 Å². The minimum Gasteiger partial charge on any atom is -0.325 e. The van der Waals surface area contributed by atoms with Crippen molar-refractivity contribution >= 4 is 44.6 Å². The Morgan fingerprint density at radius 1 is 1.23 bits per heavy atom. The maximum Gasteiger partial charge on any atom is 0.230 e. The van der Waals surface area contributed by atoms with Gasteiger partial charge in [-0.2, -0.15) is 0 Å². The van der Waals surface area contributed by atoms with E-state index >= 15 is 0 Å². The van der Waals surface area contributed by atoms with Gasteiger partial charge in [0, 0.05) is 24.6 Å². The van der Waals surface area contributed by atoms with Gasteiger partial charge >= 0.3 is 0 Å². The lowest BCUT2D eigenvalue weighted by Crippen LogP contribution is -2.30. The van der Waals surface area contributed by atoms with Gasteiger partial charge in [0.25, 0.3) is 0 Å². The molecule has 0 saturated heterocycles. The zero-order valence-corrected chi connectivity index (χ0v) is 18.5. The highest BCUT2D eigenvalue weighted by Crippen LogP contribution is 2.37. The molecule has 1 aliphatic heterocycles. The predicted octanol–water partition coefficient (Wildman–Crippen LogP) is 3.97. The highest BCUT2D eigenvalue weighted by Gasteiger charge is 2.37. The number of nitrogens with zero attached hydrogens (tertiary/aromatic N) is 1. The Morgan fingerprint density at radius 3 is 2.65 bits per heavy atom. The fraction of sp³-hybridized carbons (Fsp3) is 0.364. The average Bonchev–Trinajstić information content (AvgIpc) is 3.48. The van der Waals surface area contributed by atoms with Crippen LogP contribution in [-0.4, -0.2) is 32.0 Å². The Morgan fingerprint density at radius 2 is 1.97 bits per heavy atom. The second-order valence-corrected chi connectivity index (χ2v) is 10.8. The van der Waals surface area contributed by atoms with Crippen molar-refractivity contribution in [3.63, 3.8) is 0 Å². The quantitative estimate of drug-likeness (QED) is 0.701. The maximum absolute atomic E-state index is 13.1. The molecule has 31 heavy (non-hydrogen) atoms. The SMILES string of the molecule is CC(CC(=O)Nc1ccc(F)cc1Cl)S(=O)(=O)c1ccc2c(c1)CCN2C(=O)C1CC1. The van der Waals surface area contributed by atoms with Gasteiger partial charge in [-0.3, -0.25) is 9.59 Å². The molecule has 0 bridgehead atoms. The van der Waals surface area contributed by atoms with E-state index in [2.05, 4.69) is 5.32 Å². The van der Waals surface area contributed by atoms with Crippen molar-refractivity contribution in [2.24, 2.45) is 5.92 Å². The van der Waals surface area contributed by atoms with Crippen molar-refractivity contribution in [2.75, 3.05) is 16.8 Å². The van der Waals surface area contributed by atoms with E-state index < -0.39 is 26.8 Å². The second-order valence-electron chi connectivity index (χ2n) is 8.04. The van der Waals surface area contributed by atoms with Gasteiger partial charge in [-0.15, -0.1) is 0 Å². The van der Waals surface area contributed by atoms with Crippen LogP contribution in [0.4, 0.5) is 15.8 Å². The van der Waals surface area contributed by atoms with E-state index in [0.29, 0.717) is 13.0 Å². The summed E-state index contributed by atoms with van der Waals surface area (Å²) in [6.07, 6.45) is 2.16. The molecule has 1 fully saturated rings. The first-order valence-electron chi connectivity index (χ1n) is 10.1. The van der Waals surface area contributed by atoms with Crippen LogP contribution in [0.25, 0.3) is 0 Å². The summed E-state index contributed by atoms with van der Waals surface area (Å²) in [4.78, 5) is 26.6. The molecule has 2 aliphatic rings. The number of benzene rings is 2. The summed E-state index contributed by atoms with van der Waals surface area (Å²) in [5.41, 5.74) is 1.81. The number of halogens is 2. The van der Waals surface area contributed by atoms with Gasteiger partial charge in [0.15, 0.2) is 9.84 Å². The molecular weight excluding hydrogens is 443 g/mol. The Labute approximate surface area is 185 Å². The highest BCUT2D eigenvalue weighted by atomic mass is 35.5. The lowest BCUT2D eigenvalue weighted by atomic mass is 10.2. The van der Waals surface area contributed by atoms with Crippen LogP contribution in [0.3, 0.4) is 0 Å². The lowest BCUT2D eigenvalue weighted by Gasteiger charge is -2.18. The molecule has 6 nitrogen and oxygen atoms in total. The van der Waals surface area contributed by atoms with E-state index in [1.54, 1.807) is 17.0 Å². The van der Waals surface area contributed by atoms with Crippen molar-refractivity contribution in [3.05, 3.63) is 52.8 Å². The van der Waals surface area contributed by atoms with Crippen LogP contribution in [0.1, 0.15) is 31.7 Å². The first-order valence-corrected chi connectivity index (χ1v) is 12.0. The second kappa shape index (κ2) is 8.24. The minimum atomic E-state index is -3.76. The van der Waals surface area contributed by atoms with E-state index in [-0.39, 0.29) is 33.9 Å². The van der Waals surface area contributed by atoms with Crippen LogP contribution in [0.5, 0.6) is 0 Å². The molecular formula is C22H22ClFN2O4S. The highest BCUT2D eigenvalue weighted by molar-refractivity contribution is 7.92. The monoisotopic (exact) mass is 464 g/mol. The predicted molar refractivity (Wildman–Crippen MR) is 117 cm³/mol. The fourth-order valence-corrected chi connectivity index (χ4v) is 5.34. The normalized spacial score (nSPS) is 16.7. The maximum atomic E-state index is 13.1. The van der Waals surface area contributed by atoms with Gasteiger partial charge in [0.2, 0.25) is 11.8 Å². The van der Waals surface area contributed by atoms with E-state index in [1.165, 1.54) is 19.1 Å². The summed E-state index contributed by atoms with van der Waals surface area (Å²) in [7, 11) is -3.76. The molecule has 2 aromatic rings. The van der Waals surface area contributed by atoms with Gasteiger partial charge in [-0.25, -0.2) is 12.8 Å². The molecule has 9 heteroatoms. The molecule has 2 amide bonds. The third-order valence-electron chi connectivity index (χ3n) is 5.68. The smallest absolute Gasteiger partial charge is 0.230 e. The number of nitrogens with one attached hydrogen (secondary N) is 1. The molecule has 1 saturated carbocycles. The number of hydrogen-bond acceptors (Lipinski definition) is 4. The fourth-order valence-electron chi connectivity index (χ4n) is 3.73. The summed E-state index contributed by atoms with van der Waals surface area (Å²) >= 11 is 5.91. The lowest BCUT2D eigenvalue weighted by molar-refractivity contribution is -0.119. The van der Waals surface area contributed by atoms with E-state index in [0.717, 1.165) is 36.2 Å². The summed E-state index contributed by atoms with van der Waals surface area (Å²) in [5.74, 6) is -0.860. The van der Waals surface area contributed by atoms with Crippen molar-refractivity contribution in [2.45, 2.75) is 42.8 Å². The van der Waals surface area contributed by atoms with Crippen LogP contribution >= 0.6 is 11.6 Å². The number of carbonyl (C=O) groups is 2. The molecule has 164 valence electrons. The molecule has 0 spiro atoms. The topological polar surface area (TPSA) is 83.6 Å². The number of amides is 2. The number of rotatable bonds is 6. The molecule has 1 atom stereocenters. The molecule has 4 rings (SSSR count). The van der Waals surface area contributed by atoms with Crippen LogP contribution in [0, 0.1) is 11.7 Å². The van der Waals surface area contributed by atoms with Gasteiger partial charge in [0.1, 0.15) is 5.82 Å². The van der Waals surface area contributed by atoms with E-state index in [9.17, 15) is 22.4 Å². The zero-order chi connectivity index (χ0) is 22.3. The minimum absolute atomic E-state index is 0.0350. The number of hydrogen-bond donors (Lipinski definition) is 1. The van der Waals surface area contributed by atoms with Crippen molar-refractivity contribution in [1.82, 2.24) is 0 Å². The Hall–Kier alpha value is -2.45. The third-order valence-corrected chi connectivity index (χ3v) is 8.13. The molecule has 1 heterocycles. The molecule has 1 unspecified atom stereocenters. The number of fused-ring (bicyclic) bond motifs is 1. The number of carbonyl (C=O) groups excluding carboxylic acids is 2. The molecule has 2 aromatic carbocycles. The summed E-state index contributed by atoms with van der Waals surface area (Å²) < 4.78 is 39.2. The Balaban J connectivity index is 1.46. The van der Waals surface area contributed by atoms with Gasteiger partial charge in [-0.1, -0.05) is 11.6 Å². The largest absolute Gasteiger partial charge is 0.325 e. The molecule has 0 aromatic heterocycles.